The van der Waals surface area contributed by atoms with Crippen molar-refractivity contribution in [1.29, 1.82) is 0 Å². The van der Waals surface area contributed by atoms with E-state index in [9.17, 15) is 14.7 Å². The number of phenols is 1. The number of aromatic hydroxyl groups is 1. The minimum atomic E-state index is -0.779. The molecule has 0 aliphatic carbocycles. The van der Waals surface area contributed by atoms with Crippen LogP contribution in [0.5, 0.6) is 11.5 Å². The van der Waals surface area contributed by atoms with Gasteiger partial charge in [-0.05, 0) is 47.3 Å². The molecule has 26 heavy (non-hydrogen) atoms. The standard InChI is InChI=1S/C18H23BrN2O5/c1-8(2)14-12(17(23)26-9(3)4)15(21-18(24)20-14)10-6-7-11(25-5)16(22)13(10)19/h6-9,15,22H,1-5H3,(H2,20,21,24). The Hall–Kier alpha value is -2.22. The van der Waals surface area contributed by atoms with Crippen LogP contribution in [0, 0.1) is 5.92 Å². The summed E-state index contributed by atoms with van der Waals surface area (Å²) < 4.78 is 10.8. The van der Waals surface area contributed by atoms with Crippen LogP contribution in [0.4, 0.5) is 4.79 Å². The molecule has 1 atom stereocenters. The Morgan fingerprint density at radius 2 is 1.92 bits per heavy atom. The van der Waals surface area contributed by atoms with E-state index in [0.717, 1.165) is 0 Å². The molecule has 1 aromatic carbocycles. The fraction of sp³-hybridized carbons (Fsp3) is 0.444. The first-order valence-corrected chi connectivity index (χ1v) is 9.04. The third kappa shape index (κ3) is 3.95. The maximum Gasteiger partial charge on any atom is 0.338 e. The van der Waals surface area contributed by atoms with Gasteiger partial charge < -0.3 is 25.2 Å². The van der Waals surface area contributed by atoms with Gasteiger partial charge in [0.05, 0.1) is 29.3 Å². The van der Waals surface area contributed by atoms with Gasteiger partial charge in [-0.1, -0.05) is 19.9 Å². The first kappa shape index (κ1) is 20.1. The van der Waals surface area contributed by atoms with E-state index >= 15 is 0 Å². The highest BCUT2D eigenvalue weighted by Gasteiger charge is 2.36. The van der Waals surface area contributed by atoms with Gasteiger partial charge in [-0.3, -0.25) is 0 Å². The monoisotopic (exact) mass is 426 g/mol. The van der Waals surface area contributed by atoms with Crippen molar-refractivity contribution < 1.29 is 24.2 Å². The van der Waals surface area contributed by atoms with Crippen LogP contribution in [0.25, 0.3) is 0 Å². The van der Waals surface area contributed by atoms with Crippen LogP contribution in [-0.2, 0) is 9.53 Å². The number of urea groups is 1. The van der Waals surface area contributed by atoms with Crippen molar-refractivity contribution in [2.24, 2.45) is 5.92 Å². The van der Waals surface area contributed by atoms with Gasteiger partial charge in [-0.15, -0.1) is 0 Å². The summed E-state index contributed by atoms with van der Waals surface area (Å²) in [6.45, 7) is 7.27. The summed E-state index contributed by atoms with van der Waals surface area (Å²) in [6.07, 6.45) is -0.311. The van der Waals surface area contributed by atoms with E-state index in [4.69, 9.17) is 9.47 Å². The number of nitrogens with one attached hydrogen (secondary N) is 2. The largest absolute Gasteiger partial charge is 0.503 e. The van der Waals surface area contributed by atoms with E-state index < -0.39 is 18.0 Å². The van der Waals surface area contributed by atoms with Crippen LogP contribution in [0.1, 0.15) is 39.3 Å². The second kappa shape index (κ2) is 7.99. The zero-order valence-corrected chi connectivity index (χ0v) is 16.9. The maximum atomic E-state index is 12.8. The Balaban J connectivity index is 2.64. The molecule has 8 heteroatoms. The molecule has 1 aliphatic rings. The number of allylic oxidation sites excluding steroid dienone is 1. The topological polar surface area (TPSA) is 96.9 Å². The molecule has 0 bridgehead atoms. The van der Waals surface area contributed by atoms with E-state index in [-0.39, 0.29) is 23.5 Å². The molecule has 1 aromatic rings. The minimum Gasteiger partial charge on any atom is -0.503 e. The Morgan fingerprint density at radius 1 is 1.27 bits per heavy atom. The number of esters is 1. The fourth-order valence-electron chi connectivity index (χ4n) is 2.73. The number of phenolic OH excluding ortho intramolecular Hbond substituents is 1. The molecule has 0 spiro atoms. The van der Waals surface area contributed by atoms with E-state index in [1.807, 2.05) is 13.8 Å². The van der Waals surface area contributed by atoms with Crippen molar-refractivity contribution in [2.75, 3.05) is 7.11 Å². The van der Waals surface area contributed by atoms with Crippen molar-refractivity contribution in [2.45, 2.75) is 39.8 Å². The molecule has 1 aliphatic heterocycles. The molecule has 3 N–H and O–H groups in total. The molecular weight excluding hydrogens is 404 g/mol. The SMILES string of the molecule is COc1ccc(C2NC(=O)NC(C(C)C)=C2C(=O)OC(C)C)c(Br)c1O. The molecule has 7 nitrogen and oxygen atoms in total. The molecule has 2 rings (SSSR count). The van der Waals surface area contributed by atoms with Crippen LogP contribution >= 0.6 is 15.9 Å². The summed E-state index contributed by atoms with van der Waals surface area (Å²) in [4.78, 5) is 24.9. The number of hydrogen-bond donors (Lipinski definition) is 3. The van der Waals surface area contributed by atoms with Crippen LogP contribution in [0.3, 0.4) is 0 Å². The van der Waals surface area contributed by atoms with Crippen LogP contribution in [0.15, 0.2) is 27.9 Å². The van der Waals surface area contributed by atoms with Gasteiger partial charge in [-0.2, -0.15) is 0 Å². The van der Waals surface area contributed by atoms with E-state index in [0.29, 0.717) is 21.3 Å². The Kier molecular flexibility index (Phi) is 6.17. The summed E-state index contributed by atoms with van der Waals surface area (Å²) >= 11 is 3.34. The van der Waals surface area contributed by atoms with E-state index in [1.54, 1.807) is 26.0 Å². The van der Waals surface area contributed by atoms with Crippen molar-refractivity contribution >= 4 is 27.9 Å². The molecular formula is C18H23BrN2O5. The number of benzene rings is 1. The number of amides is 2. The maximum absolute atomic E-state index is 12.8. The lowest BCUT2D eigenvalue weighted by Gasteiger charge is -2.32. The number of halogens is 1. The Morgan fingerprint density at radius 3 is 2.46 bits per heavy atom. The van der Waals surface area contributed by atoms with Gasteiger partial charge in [0.15, 0.2) is 11.5 Å². The van der Waals surface area contributed by atoms with E-state index in [2.05, 4.69) is 26.6 Å². The third-order valence-electron chi connectivity index (χ3n) is 3.88. The van der Waals surface area contributed by atoms with Crippen LogP contribution < -0.4 is 15.4 Å². The molecule has 0 fully saturated rings. The van der Waals surface area contributed by atoms with Crippen molar-refractivity contribution in [1.82, 2.24) is 10.6 Å². The van der Waals surface area contributed by atoms with Gasteiger partial charge >= 0.3 is 12.0 Å². The van der Waals surface area contributed by atoms with Crippen molar-refractivity contribution in [3.05, 3.63) is 33.4 Å². The quantitative estimate of drug-likeness (QED) is 0.626. The smallest absolute Gasteiger partial charge is 0.338 e. The third-order valence-corrected chi connectivity index (χ3v) is 4.72. The van der Waals surface area contributed by atoms with Crippen LogP contribution in [0.2, 0.25) is 0 Å². The number of hydrogen-bond acceptors (Lipinski definition) is 5. The number of rotatable bonds is 5. The first-order valence-electron chi connectivity index (χ1n) is 8.25. The molecule has 0 saturated heterocycles. The Bertz CT molecular complexity index is 758. The molecule has 0 aromatic heterocycles. The number of methoxy groups -OCH3 is 1. The predicted octanol–water partition coefficient (Wildman–Crippen LogP) is 3.38. The lowest BCUT2D eigenvalue weighted by Crippen LogP contribution is -2.47. The van der Waals surface area contributed by atoms with Gasteiger partial charge in [-0.25, -0.2) is 9.59 Å². The summed E-state index contributed by atoms with van der Waals surface area (Å²) in [5.74, 6) is -0.465. The second-order valence-corrected chi connectivity index (χ2v) is 7.28. The molecule has 2 amide bonds. The summed E-state index contributed by atoms with van der Waals surface area (Å²) in [5.41, 5.74) is 1.32. The van der Waals surface area contributed by atoms with Crippen molar-refractivity contribution in [3.8, 4) is 11.5 Å². The minimum absolute atomic E-state index is 0.108. The van der Waals surface area contributed by atoms with Gasteiger partial charge in [0.1, 0.15) is 0 Å². The highest BCUT2D eigenvalue weighted by atomic mass is 79.9. The summed E-state index contributed by atoms with van der Waals surface area (Å²) in [6, 6.07) is 2.05. The summed E-state index contributed by atoms with van der Waals surface area (Å²) in [5, 5.41) is 15.7. The molecule has 0 radical (unpaired) electrons. The van der Waals surface area contributed by atoms with Gasteiger partial charge in [0, 0.05) is 5.70 Å². The first-order chi connectivity index (χ1) is 12.2. The highest BCUT2D eigenvalue weighted by Crippen LogP contribution is 2.42. The zero-order chi connectivity index (χ0) is 19.6. The number of ether oxygens (including phenoxy) is 2. The van der Waals surface area contributed by atoms with Gasteiger partial charge in [0.2, 0.25) is 0 Å². The summed E-state index contributed by atoms with van der Waals surface area (Å²) in [7, 11) is 1.44. The average molecular weight is 427 g/mol. The molecule has 1 heterocycles. The van der Waals surface area contributed by atoms with Gasteiger partial charge in [0.25, 0.3) is 0 Å². The normalized spacial score (nSPS) is 17.2. The fourth-order valence-corrected chi connectivity index (χ4v) is 3.29. The average Bonchev–Trinajstić information content (AvgIpc) is 2.55. The zero-order valence-electron chi connectivity index (χ0n) is 15.3. The lowest BCUT2D eigenvalue weighted by molar-refractivity contribution is -0.143. The number of carbonyl (C=O) groups is 2. The second-order valence-electron chi connectivity index (χ2n) is 6.49. The highest BCUT2D eigenvalue weighted by molar-refractivity contribution is 9.10. The molecule has 1 unspecified atom stereocenters. The number of carbonyl (C=O) groups excluding carboxylic acids is 2. The molecule has 0 saturated carbocycles. The molecule has 142 valence electrons. The predicted molar refractivity (Wildman–Crippen MR) is 99.9 cm³/mol. The Labute approximate surface area is 160 Å². The van der Waals surface area contributed by atoms with Crippen molar-refractivity contribution in [3.63, 3.8) is 0 Å². The lowest BCUT2D eigenvalue weighted by atomic mass is 9.91. The van der Waals surface area contributed by atoms with E-state index in [1.165, 1.54) is 7.11 Å². The van der Waals surface area contributed by atoms with Crippen LogP contribution in [-0.4, -0.2) is 30.3 Å².